The van der Waals surface area contributed by atoms with Crippen molar-refractivity contribution in [3.8, 4) is 21.0 Å². The lowest BCUT2D eigenvalue weighted by atomic mass is 10.1. The van der Waals surface area contributed by atoms with Crippen molar-refractivity contribution in [3.63, 3.8) is 0 Å². The van der Waals surface area contributed by atoms with Gasteiger partial charge in [-0.25, -0.2) is 22.3 Å². The second kappa shape index (κ2) is 9.72. The van der Waals surface area contributed by atoms with Crippen molar-refractivity contribution in [1.29, 1.82) is 0 Å². The van der Waals surface area contributed by atoms with E-state index in [2.05, 4.69) is 19.7 Å². The number of carbonyl (C=O) groups excluding carboxylic acids is 1. The van der Waals surface area contributed by atoms with Gasteiger partial charge < -0.3 is 5.32 Å². The number of amides is 1. The fourth-order valence-corrected chi connectivity index (χ4v) is 5.79. The van der Waals surface area contributed by atoms with Gasteiger partial charge in [-0.15, -0.1) is 11.3 Å². The number of hydrogen-bond donors (Lipinski definition) is 3. The maximum atomic E-state index is 13.1. The largest absolute Gasteiger partial charge is 0.326 e. The third kappa shape index (κ3) is 7.19. The molecule has 8 nitrogen and oxygen atoms in total. The highest BCUT2D eigenvalue weighted by Crippen LogP contribution is 2.36. The van der Waals surface area contributed by atoms with Crippen LogP contribution < -0.4 is 14.8 Å². The van der Waals surface area contributed by atoms with E-state index in [1.807, 2.05) is 26.8 Å². The van der Waals surface area contributed by atoms with E-state index in [-0.39, 0.29) is 11.4 Å². The average molecular weight is 507 g/mol. The Morgan fingerprint density at radius 1 is 1.06 bits per heavy atom. The molecule has 0 bridgehead atoms. The highest BCUT2D eigenvalue weighted by molar-refractivity contribution is 7.92. The smallest absolute Gasteiger partial charge is 0.229 e. The number of carbonyl (C=O) groups is 1. The summed E-state index contributed by atoms with van der Waals surface area (Å²) in [6.45, 7) is 7.20. The zero-order valence-corrected chi connectivity index (χ0v) is 21.4. The Bertz CT molecular complexity index is 1290. The summed E-state index contributed by atoms with van der Waals surface area (Å²) in [4.78, 5) is 17.4. The molecule has 176 valence electrons. The molecule has 0 fully saturated rings. The number of thiazole rings is 1. The first-order chi connectivity index (χ1) is 15.3. The number of sulfonamides is 1. The Hall–Kier alpha value is -2.60. The molecule has 0 saturated heterocycles. The second-order valence-corrected chi connectivity index (χ2v) is 12.5. The topological polar surface area (TPSA) is 117 Å². The van der Waals surface area contributed by atoms with E-state index < -0.39 is 21.0 Å². The molecule has 1 atom stereocenters. The van der Waals surface area contributed by atoms with E-state index in [4.69, 9.17) is 0 Å². The summed E-state index contributed by atoms with van der Waals surface area (Å²) in [5, 5.41) is 3.47. The molecular weight excluding hydrogens is 480 g/mol. The SMILES string of the molecule is CC(=O)Nc1ccc(-c2cnc(-c3ccc(NS(C)(=O)=O)cc3)s2)c(S(=O)NC(C)(C)C)c1. The van der Waals surface area contributed by atoms with Crippen molar-refractivity contribution < 1.29 is 17.4 Å². The maximum Gasteiger partial charge on any atom is 0.229 e. The lowest BCUT2D eigenvalue weighted by Gasteiger charge is -2.21. The maximum absolute atomic E-state index is 13.1. The van der Waals surface area contributed by atoms with Gasteiger partial charge in [0, 0.05) is 41.2 Å². The van der Waals surface area contributed by atoms with Crippen molar-refractivity contribution in [2.45, 2.75) is 38.1 Å². The standard InChI is InChI=1S/C22H26N4O4S3/c1-14(27)24-17-10-11-18(20(12-17)32(28)26-22(2,3)4)19-13-23-21(31-19)15-6-8-16(9-7-15)25-33(5,29)30/h6-13,25-26H,1-5H3,(H,24,27). The molecule has 1 heterocycles. The summed E-state index contributed by atoms with van der Waals surface area (Å²) >= 11 is 1.43. The monoisotopic (exact) mass is 506 g/mol. The molecule has 0 radical (unpaired) electrons. The summed E-state index contributed by atoms with van der Waals surface area (Å²) in [5.41, 5.74) is 2.22. The molecule has 0 saturated carbocycles. The van der Waals surface area contributed by atoms with E-state index in [1.165, 1.54) is 18.3 Å². The molecule has 33 heavy (non-hydrogen) atoms. The number of nitrogens with one attached hydrogen (secondary N) is 3. The third-order valence-electron chi connectivity index (χ3n) is 4.11. The van der Waals surface area contributed by atoms with Gasteiger partial charge in [-0.2, -0.15) is 0 Å². The van der Waals surface area contributed by atoms with E-state index >= 15 is 0 Å². The molecule has 1 unspecified atom stereocenters. The number of hydrogen-bond acceptors (Lipinski definition) is 6. The van der Waals surface area contributed by atoms with Crippen molar-refractivity contribution in [2.24, 2.45) is 0 Å². The van der Waals surface area contributed by atoms with Gasteiger partial charge in [-0.1, -0.05) is 6.07 Å². The Morgan fingerprint density at radius 2 is 1.70 bits per heavy atom. The summed E-state index contributed by atoms with van der Waals surface area (Å²) < 4.78 is 41.4. The summed E-state index contributed by atoms with van der Waals surface area (Å²) in [7, 11) is -4.87. The second-order valence-electron chi connectivity index (χ2n) is 8.49. The number of rotatable bonds is 7. The highest BCUT2D eigenvalue weighted by atomic mass is 32.2. The van der Waals surface area contributed by atoms with Crippen LogP contribution in [0.3, 0.4) is 0 Å². The molecular formula is C22H26N4O4S3. The van der Waals surface area contributed by atoms with Crippen LogP contribution in [0.4, 0.5) is 11.4 Å². The molecule has 0 aliphatic carbocycles. The lowest BCUT2D eigenvalue weighted by Crippen LogP contribution is -2.37. The first-order valence-electron chi connectivity index (χ1n) is 9.96. The van der Waals surface area contributed by atoms with Crippen molar-refractivity contribution >= 4 is 49.6 Å². The molecule has 0 aliphatic rings. The Labute approximate surface area is 200 Å². The van der Waals surface area contributed by atoms with E-state index in [0.717, 1.165) is 27.3 Å². The van der Waals surface area contributed by atoms with Crippen LogP contribution in [0.15, 0.2) is 53.6 Å². The summed E-state index contributed by atoms with van der Waals surface area (Å²) in [6.07, 6.45) is 2.81. The van der Waals surface area contributed by atoms with Gasteiger partial charge in [-0.05, 0) is 57.2 Å². The van der Waals surface area contributed by atoms with Crippen LogP contribution in [-0.4, -0.2) is 35.3 Å². The lowest BCUT2D eigenvalue weighted by molar-refractivity contribution is -0.114. The summed E-state index contributed by atoms with van der Waals surface area (Å²) in [6, 6.07) is 12.2. The van der Waals surface area contributed by atoms with Crippen LogP contribution in [0.25, 0.3) is 21.0 Å². The molecule has 2 aromatic carbocycles. The molecule has 1 amide bonds. The average Bonchev–Trinajstić information content (AvgIpc) is 3.15. The minimum Gasteiger partial charge on any atom is -0.326 e. The zero-order chi connectivity index (χ0) is 24.4. The van der Waals surface area contributed by atoms with Crippen LogP contribution >= 0.6 is 11.3 Å². The first-order valence-corrected chi connectivity index (χ1v) is 13.8. The predicted octanol–water partition coefficient (Wildman–Crippen LogP) is 4.22. The van der Waals surface area contributed by atoms with Crippen LogP contribution in [0.2, 0.25) is 0 Å². The summed E-state index contributed by atoms with van der Waals surface area (Å²) in [5.74, 6) is -0.211. The normalized spacial score (nSPS) is 12.9. The zero-order valence-electron chi connectivity index (χ0n) is 18.9. The van der Waals surface area contributed by atoms with Crippen molar-refractivity contribution in [1.82, 2.24) is 9.71 Å². The van der Waals surface area contributed by atoms with E-state index in [1.54, 1.807) is 42.6 Å². The minimum atomic E-state index is -3.35. The molecule has 3 aromatic rings. The highest BCUT2D eigenvalue weighted by Gasteiger charge is 2.20. The number of aromatic nitrogens is 1. The van der Waals surface area contributed by atoms with Gasteiger partial charge in [0.15, 0.2) is 0 Å². The van der Waals surface area contributed by atoms with Crippen LogP contribution in [-0.2, 0) is 25.8 Å². The molecule has 3 rings (SSSR count). The molecule has 3 N–H and O–H groups in total. The van der Waals surface area contributed by atoms with Gasteiger partial charge in [0.25, 0.3) is 0 Å². The number of anilines is 2. The number of benzene rings is 2. The van der Waals surface area contributed by atoms with Crippen LogP contribution in [0.1, 0.15) is 27.7 Å². The van der Waals surface area contributed by atoms with E-state index in [0.29, 0.717) is 16.3 Å². The fourth-order valence-electron chi connectivity index (χ4n) is 2.92. The third-order valence-corrected chi connectivity index (χ3v) is 7.33. The van der Waals surface area contributed by atoms with E-state index in [9.17, 15) is 17.4 Å². The molecule has 0 spiro atoms. The van der Waals surface area contributed by atoms with Crippen LogP contribution in [0.5, 0.6) is 0 Å². The van der Waals surface area contributed by atoms with Crippen molar-refractivity contribution in [2.75, 3.05) is 16.3 Å². The van der Waals surface area contributed by atoms with Crippen LogP contribution in [0, 0.1) is 0 Å². The fraction of sp³-hybridized carbons (Fsp3) is 0.273. The molecule has 0 aliphatic heterocycles. The van der Waals surface area contributed by atoms with Gasteiger partial charge in [-0.3, -0.25) is 9.52 Å². The first kappa shape index (κ1) is 25.0. The van der Waals surface area contributed by atoms with Gasteiger partial charge in [0.1, 0.15) is 16.0 Å². The Morgan fingerprint density at radius 3 is 2.27 bits per heavy atom. The predicted molar refractivity (Wildman–Crippen MR) is 135 cm³/mol. The quantitative estimate of drug-likeness (QED) is 0.444. The van der Waals surface area contributed by atoms with Gasteiger partial charge in [0.05, 0.1) is 16.0 Å². The van der Waals surface area contributed by atoms with Gasteiger partial charge in [0.2, 0.25) is 15.9 Å². The number of nitrogens with zero attached hydrogens (tertiary/aromatic N) is 1. The van der Waals surface area contributed by atoms with Crippen molar-refractivity contribution in [3.05, 3.63) is 48.7 Å². The molecule has 1 aromatic heterocycles. The van der Waals surface area contributed by atoms with Gasteiger partial charge >= 0.3 is 0 Å². The Balaban J connectivity index is 1.96. The minimum absolute atomic E-state index is 0.211. The molecule has 11 heteroatoms. The Kier molecular flexibility index (Phi) is 7.37.